The molecule has 4 aliphatic rings. The Labute approximate surface area is 342 Å². The number of phenols is 4. The van der Waals surface area contributed by atoms with Gasteiger partial charge < -0.3 is 114 Å². The lowest BCUT2D eigenvalue weighted by molar-refractivity contribution is -0.355. The molecule has 0 saturated carbocycles. The van der Waals surface area contributed by atoms with Crippen LogP contribution >= 0.6 is 0 Å². The van der Waals surface area contributed by atoms with Crippen molar-refractivity contribution in [1.29, 1.82) is 0 Å². The summed E-state index contributed by atoms with van der Waals surface area (Å²) in [6, 6.07) is 4.99. The number of hydrogen-bond donors (Lipinski definition) is 14. The average Bonchev–Trinajstić information content (AvgIpc) is 3.50. The molecule has 0 aliphatic carbocycles. The number of phenolic OH excluding ortho intramolecular Hbond substituents is 4. The molecule has 0 amide bonds. The van der Waals surface area contributed by atoms with Crippen LogP contribution in [0.25, 0.3) is 22.3 Å². The van der Waals surface area contributed by atoms with Crippen molar-refractivity contribution >= 4 is 11.0 Å². The number of aromatic hydroxyl groups is 4. The van der Waals surface area contributed by atoms with Crippen LogP contribution in [0.4, 0.5) is 0 Å². The SMILES string of the molecule is CC1O[C@@H](OCC2O[C@@H](Oc3c(-c4ccc(O)c(O)c4)oc4cc(O)cc(O)c4c3=O)C(O[C@@H]3OCC(O)(CO)[C@@H]3O)[C@@H](O)[C@@H]2O)[C@@H](O)C(O[C@@H]2OC[C@@H](O)[C@H](O)C2O)[C@H]1O. The zero-order valence-electron chi connectivity index (χ0n) is 31.8. The van der Waals surface area contributed by atoms with E-state index in [-0.39, 0.29) is 11.1 Å². The lowest BCUT2D eigenvalue weighted by atomic mass is 9.97. The van der Waals surface area contributed by atoms with Gasteiger partial charge in [-0.25, -0.2) is 0 Å². The molecule has 3 aromatic rings. The van der Waals surface area contributed by atoms with Gasteiger partial charge in [0, 0.05) is 17.7 Å². The molecule has 24 nitrogen and oxygen atoms in total. The van der Waals surface area contributed by atoms with Gasteiger partial charge in [0.25, 0.3) is 0 Å². The van der Waals surface area contributed by atoms with E-state index in [0.717, 1.165) is 24.3 Å². The third kappa shape index (κ3) is 8.56. The van der Waals surface area contributed by atoms with Gasteiger partial charge >= 0.3 is 0 Å². The highest BCUT2D eigenvalue weighted by atomic mass is 16.8. The molecule has 6 unspecified atom stereocenters. The predicted octanol–water partition coefficient (Wildman–Crippen LogP) is -4.76. The molecule has 61 heavy (non-hydrogen) atoms. The number of aliphatic hydroxyl groups is 10. The van der Waals surface area contributed by atoms with Gasteiger partial charge in [0.15, 0.2) is 42.2 Å². The maximum atomic E-state index is 14.2. The molecular formula is C37H46O24. The first-order chi connectivity index (χ1) is 28.8. The van der Waals surface area contributed by atoms with Gasteiger partial charge in [-0.15, -0.1) is 0 Å². The van der Waals surface area contributed by atoms with Crippen molar-refractivity contribution in [3.63, 3.8) is 0 Å². The Kier molecular flexibility index (Phi) is 13.0. The Morgan fingerprint density at radius 1 is 0.738 bits per heavy atom. The van der Waals surface area contributed by atoms with Crippen LogP contribution in [-0.4, -0.2) is 202 Å². The molecule has 0 spiro atoms. The van der Waals surface area contributed by atoms with E-state index in [2.05, 4.69) is 0 Å². The van der Waals surface area contributed by atoms with Crippen molar-refractivity contribution in [2.45, 2.75) is 111 Å². The highest BCUT2D eigenvalue weighted by Crippen LogP contribution is 2.40. The first kappa shape index (κ1) is 45.0. The second-order valence-corrected chi connectivity index (χ2v) is 15.1. The van der Waals surface area contributed by atoms with Gasteiger partial charge in [0.1, 0.15) is 89.1 Å². The summed E-state index contributed by atoms with van der Waals surface area (Å²) >= 11 is 0. The Hall–Kier alpha value is -4.03. The second kappa shape index (κ2) is 17.6. The minimum absolute atomic E-state index is 0.128. The van der Waals surface area contributed by atoms with Crippen LogP contribution < -0.4 is 10.2 Å². The van der Waals surface area contributed by atoms with E-state index in [9.17, 15) is 76.3 Å². The van der Waals surface area contributed by atoms with Crippen molar-refractivity contribution in [3.8, 4) is 40.1 Å². The summed E-state index contributed by atoms with van der Waals surface area (Å²) in [4.78, 5) is 14.2. The molecule has 5 heterocycles. The van der Waals surface area contributed by atoms with Crippen LogP contribution in [0, 0.1) is 0 Å². The molecule has 0 bridgehead atoms. The van der Waals surface area contributed by atoms with E-state index in [1.807, 2.05) is 0 Å². The molecule has 17 atom stereocenters. The van der Waals surface area contributed by atoms with Crippen LogP contribution in [0.5, 0.6) is 28.7 Å². The third-order valence-electron chi connectivity index (χ3n) is 10.9. The fourth-order valence-corrected chi connectivity index (χ4v) is 7.23. The van der Waals surface area contributed by atoms with E-state index in [4.69, 9.17) is 42.3 Å². The maximum absolute atomic E-state index is 14.2. The first-order valence-corrected chi connectivity index (χ1v) is 18.8. The van der Waals surface area contributed by atoms with E-state index in [1.165, 1.54) is 13.0 Å². The monoisotopic (exact) mass is 874 g/mol. The minimum atomic E-state index is -2.23. The lowest BCUT2D eigenvalue weighted by Crippen LogP contribution is -2.64. The number of aliphatic hydroxyl groups excluding tert-OH is 9. The van der Waals surface area contributed by atoms with E-state index < -0.39 is 176 Å². The molecular weight excluding hydrogens is 828 g/mol. The van der Waals surface area contributed by atoms with Gasteiger partial charge in [-0.05, 0) is 25.1 Å². The average molecular weight is 875 g/mol. The summed E-state index contributed by atoms with van der Waals surface area (Å²) in [5.41, 5.74) is -3.87. The zero-order valence-corrected chi connectivity index (χ0v) is 31.8. The quantitative estimate of drug-likeness (QED) is 0.0804. The van der Waals surface area contributed by atoms with Gasteiger partial charge in [-0.3, -0.25) is 4.79 Å². The van der Waals surface area contributed by atoms with Crippen LogP contribution in [-0.2, 0) is 33.2 Å². The van der Waals surface area contributed by atoms with E-state index in [1.54, 1.807) is 0 Å². The van der Waals surface area contributed by atoms with Crippen molar-refractivity contribution in [2.75, 3.05) is 26.4 Å². The molecule has 1 aromatic heterocycles. The fraction of sp³-hybridized carbons (Fsp3) is 0.595. The molecule has 24 heteroatoms. The Morgan fingerprint density at radius 3 is 2.15 bits per heavy atom. The van der Waals surface area contributed by atoms with E-state index in [0.29, 0.717) is 0 Å². The summed E-state index contributed by atoms with van der Waals surface area (Å²) in [5, 5.41) is 147. The standard InChI is InChI=1S/C37H46O24/c1-11-21(44)29(59-33-26(49)22(45)17(43)7-53-33)27(50)34(56-11)54-8-19-23(46)25(48)31(61-36-32(51)37(52,9-38)10-55-36)35(58-19)60-30-24(47)20-16(42)5-13(39)6-18(20)57-28(30)12-2-3-14(40)15(41)4-12/h2-6,11,17,19,21-23,25-27,29,31-36,38-46,48-52H,7-10H2,1H3/t11?,17-,19?,21+,22+,23-,25+,26?,27+,29?,31?,32-,33+,34-,35+,36+,37?/m1/s1. The van der Waals surface area contributed by atoms with E-state index >= 15 is 0 Å². The summed E-state index contributed by atoms with van der Waals surface area (Å²) in [6.07, 6.45) is -28.1. The molecule has 7 rings (SSSR count). The molecule has 338 valence electrons. The molecule has 4 saturated heterocycles. The van der Waals surface area contributed by atoms with Crippen molar-refractivity contribution in [1.82, 2.24) is 0 Å². The van der Waals surface area contributed by atoms with Crippen LogP contribution in [0.1, 0.15) is 6.92 Å². The van der Waals surface area contributed by atoms with Crippen LogP contribution in [0.15, 0.2) is 39.5 Å². The van der Waals surface area contributed by atoms with Gasteiger partial charge in [-0.2, -0.15) is 0 Å². The lowest BCUT2D eigenvalue weighted by Gasteiger charge is -2.45. The van der Waals surface area contributed by atoms with Gasteiger partial charge in [0.2, 0.25) is 17.5 Å². The van der Waals surface area contributed by atoms with Gasteiger partial charge in [-0.1, -0.05) is 0 Å². The highest BCUT2D eigenvalue weighted by molar-refractivity contribution is 5.88. The molecule has 14 N–H and O–H groups in total. The smallest absolute Gasteiger partial charge is 0.239 e. The Balaban J connectivity index is 1.20. The zero-order chi connectivity index (χ0) is 44.2. The fourth-order valence-electron chi connectivity index (χ4n) is 7.23. The second-order valence-electron chi connectivity index (χ2n) is 15.1. The minimum Gasteiger partial charge on any atom is -0.508 e. The van der Waals surface area contributed by atoms with Crippen LogP contribution in [0.3, 0.4) is 0 Å². The number of hydrogen-bond acceptors (Lipinski definition) is 24. The maximum Gasteiger partial charge on any atom is 0.239 e. The Bertz CT molecular complexity index is 2080. The van der Waals surface area contributed by atoms with Crippen molar-refractivity contribution in [3.05, 3.63) is 40.6 Å². The predicted molar refractivity (Wildman–Crippen MR) is 193 cm³/mol. The Morgan fingerprint density at radius 2 is 1.46 bits per heavy atom. The topological polar surface area (TPSA) is 387 Å². The number of rotatable bonds is 11. The van der Waals surface area contributed by atoms with Crippen LogP contribution in [0.2, 0.25) is 0 Å². The number of ether oxygens (including phenoxy) is 8. The summed E-state index contributed by atoms with van der Waals surface area (Å²) in [7, 11) is 0. The largest absolute Gasteiger partial charge is 0.508 e. The molecule has 4 fully saturated rings. The summed E-state index contributed by atoms with van der Waals surface area (Å²) in [6.45, 7) is -1.52. The van der Waals surface area contributed by atoms with Gasteiger partial charge in [0.05, 0.1) is 32.5 Å². The molecule has 2 aromatic carbocycles. The van der Waals surface area contributed by atoms with Crippen molar-refractivity contribution < 1.29 is 114 Å². The molecule has 0 radical (unpaired) electrons. The number of benzene rings is 2. The summed E-state index contributed by atoms with van der Waals surface area (Å²) in [5.74, 6) is -3.86. The summed E-state index contributed by atoms with van der Waals surface area (Å²) < 4.78 is 51.2. The number of fused-ring (bicyclic) bond motifs is 1. The van der Waals surface area contributed by atoms with Crippen molar-refractivity contribution in [2.24, 2.45) is 0 Å². The normalized spacial score (nSPS) is 39.4. The molecule has 4 aliphatic heterocycles. The highest BCUT2D eigenvalue weighted by Gasteiger charge is 2.55. The third-order valence-corrected chi connectivity index (χ3v) is 10.9. The first-order valence-electron chi connectivity index (χ1n) is 18.8.